The van der Waals surface area contributed by atoms with E-state index in [2.05, 4.69) is 4.98 Å². The van der Waals surface area contributed by atoms with Crippen molar-refractivity contribution in [3.05, 3.63) is 24.1 Å². The highest BCUT2D eigenvalue weighted by molar-refractivity contribution is 5.85. The van der Waals surface area contributed by atoms with E-state index in [4.69, 9.17) is 0 Å². The summed E-state index contributed by atoms with van der Waals surface area (Å²) in [7, 11) is 3.47. The Hall–Kier alpha value is -1.65. The maximum atomic E-state index is 13.1. The zero-order valence-electron chi connectivity index (χ0n) is 10.1. The Bertz CT molecular complexity index is 422. The second-order valence-corrected chi connectivity index (χ2v) is 4.40. The summed E-state index contributed by atoms with van der Waals surface area (Å²) in [6.07, 6.45) is 1.73. The summed E-state index contributed by atoms with van der Waals surface area (Å²) in [5, 5.41) is 0. The van der Waals surface area contributed by atoms with Gasteiger partial charge in [0.2, 0.25) is 11.9 Å². The van der Waals surface area contributed by atoms with E-state index >= 15 is 0 Å². The summed E-state index contributed by atoms with van der Waals surface area (Å²) < 4.78 is 13.1. The molecule has 1 aromatic heterocycles. The van der Waals surface area contributed by atoms with Gasteiger partial charge in [-0.2, -0.15) is 4.39 Å². The molecule has 1 saturated heterocycles. The minimum absolute atomic E-state index is 0.0496. The zero-order valence-corrected chi connectivity index (χ0v) is 10.1. The maximum absolute atomic E-state index is 13.1. The van der Waals surface area contributed by atoms with Gasteiger partial charge in [0.1, 0.15) is 11.9 Å². The van der Waals surface area contributed by atoms with Crippen molar-refractivity contribution in [3.63, 3.8) is 0 Å². The van der Waals surface area contributed by atoms with Gasteiger partial charge in [0.15, 0.2) is 0 Å². The third kappa shape index (κ3) is 2.38. The van der Waals surface area contributed by atoms with Crippen LogP contribution in [0.4, 0.5) is 10.2 Å². The number of nitrogens with zero attached hydrogens (tertiary/aromatic N) is 3. The predicted molar refractivity (Wildman–Crippen MR) is 63.3 cm³/mol. The van der Waals surface area contributed by atoms with Crippen LogP contribution in [0.25, 0.3) is 0 Å². The summed E-state index contributed by atoms with van der Waals surface area (Å²) in [5.74, 6) is 0.0849. The molecule has 1 unspecified atom stereocenters. The monoisotopic (exact) mass is 237 g/mol. The minimum Gasteiger partial charge on any atom is -0.347 e. The first kappa shape index (κ1) is 11.8. The van der Waals surface area contributed by atoms with Gasteiger partial charge in [-0.3, -0.25) is 4.79 Å². The highest BCUT2D eigenvalue weighted by Gasteiger charge is 2.32. The molecule has 0 spiro atoms. The lowest BCUT2D eigenvalue weighted by Crippen LogP contribution is -2.43. The van der Waals surface area contributed by atoms with E-state index in [1.165, 1.54) is 6.07 Å². The van der Waals surface area contributed by atoms with Gasteiger partial charge in [0, 0.05) is 20.6 Å². The van der Waals surface area contributed by atoms with Crippen LogP contribution < -0.4 is 4.90 Å². The smallest absolute Gasteiger partial charge is 0.244 e. The summed E-state index contributed by atoms with van der Waals surface area (Å²) in [4.78, 5) is 19.3. The number of aromatic nitrogens is 1. The first-order chi connectivity index (χ1) is 8.09. The summed E-state index contributed by atoms with van der Waals surface area (Å²) in [6.45, 7) is 0.751. The van der Waals surface area contributed by atoms with E-state index in [9.17, 15) is 9.18 Å². The van der Waals surface area contributed by atoms with Crippen molar-refractivity contribution in [2.45, 2.75) is 18.9 Å². The number of halogens is 1. The maximum Gasteiger partial charge on any atom is 0.244 e. The summed E-state index contributed by atoms with van der Waals surface area (Å²) >= 11 is 0. The third-order valence-electron chi connectivity index (χ3n) is 2.97. The molecule has 0 bridgehead atoms. The molecule has 0 aromatic carbocycles. The highest BCUT2D eigenvalue weighted by atomic mass is 19.1. The largest absolute Gasteiger partial charge is 0.347 e. The van der Waals surface area contributed by atoms with Gasteiger partial charge in [-0.05, 0) is 25.0 Å². The second kappa shape index (κ2) is 4.69. The molecule has 2 rings (SSSR count). The Balaban J connectivity index is 2.23. The van der Waals surface area contributed by atoms with E-state index in [-0.39, 0.29) is 11.9 Å². The molecule has 0 radical (unpaired) electrons. The average Bonchev–Trinajstić information content (AvgIpc) is 2.76. The van der Waals surface area contributed by atoms with Crippen LogP contribution in [0.5, 0.6) is 0 Å². The Morgan fingerprint density at radius 1 is 1.53 bits per heavy atom. The van der Waals surface area contributed by atoms with Gasteiger partial charge in [0.25, 0.3) is 0 Å². The molecule has 1 aliphatic heterocycles. The quantitative estimate of drug-likeness (QED) is 0.727. The molecular formula is C12H16FN3O. The van der Waals surface area contributed by atoms with Crippen molar-refractivity contribution in [2.24, 2.45) is 0 Å². The Morgan fingerprint density at radius 2 is 2.29 bits per heavy atom. The summed E-state index contributed by atoms with van der Waals surface area (Å²) in [5.41, 5.74) is 0. The van der Waals surface area contributed by atoms with Gasteiger partial charge in [0.05, 0.1) is 0 Å². The molecule has 5 heteroatoms. The normalized spacial score (nSPS) is 19.5. The van der Waals surface area contributed by atoms with Crippen molar-refractivity contribution in [2.75, 3.05) is 25.5 Å². The lowest BCUT2D eigenvalue weighted by molar-refractivity contribution is -0.129. The van der Waals surface area contributed by atoms with Crippen LogP contribution in [0.3, 0.4) is 0 Å². The Kier molecular flexibility index (Phi) is 3.26. The first-order valence-corrected chi connectivity index (χ1v) is 5.70. The molecule has 4 nitrogen and oxygen atoms in total. The van der Waals surface area contributed by atoms with Crippen LogP contribution in [0.1, 0.15) is 12.8 Å². The molecule has 17 heavy (non-hydrogen) atoms. The van der Waals surface area contributed by atoms with E-state index in [1.54, 1.807) is 31.1 Å². The molecule has 1 fully saturated rings. The Labute approximate surface area is 100 Å². The number of rotatable bonds is 2. The van der Waals surface area contributed by atoms with E-state index in [0.717, 1.165) is 19.4 Å². The van der Waals surface area contributed by atoms with Crippen LogP contribution in [0, 0.1) is 5.95 Å². The molecule has 0 aliphatic carbocycles. The third-order valence-corrected chi connectivity index (χ3v) is 2.97. The molecule has 1 atom stereocenters. The van der Waals surface area contributed by atoms with Crippen molar-refractivity contribution >= 4 is 11.7 Å². The number of hydrogen-bond acceptors (Lipinski definition) is 3. The first-order valence-electron chi connectivity index (χ1n) is 5.70. The van der Waals surface area contributed by atoms with E-state index in [1.807, 2.05) is 4.90 Å². The van der Waals surface area contributed by atoms with Crippen molar-refractivity contribution in [1.82, 2.24) is 9.88 Å². The van der Waals surface area contributed by atoms with Crippen LogP contribution >= 0.6 is 0 Å². The summed E-state index contributed by atoms with van der Waals surface area (Å²) in [6, 6.07) is 4.46. The number of anilines is 1. The van der Waals surface area contributed by atoms with Crippen molar-refractivity contribution in [1.29, 1.82) is 0 Å². The van der Waals surface area contributed by atoms with Crippen molar-refractivity contribution in [3.8, 4) is 0 Å². The average molecular weight is 237 g/mol. The van der Waals surface area contributed by atoms with E-state index in [0.29, 0.717) is 5.82 Å². The lowest BCUT2D eigenvalue weighted by Gasteiger charge is -2.26. The molecule has 1 aromatic rings. The number of hydrogen-bond donors (Lipinski definition) is 0. The van der Waals surface area contributed by atoms with Gasteiger partial charge in [-0.15, -0.1) is 0 Å². The van der Waals surface area contributed by atoms with Gasteiger partial charge < -0.3 is 9.80 Å². The second-order valence-electron chi connectivity index (χ2n) is 4.40. The molecule has 0 N–H and O–H groups in total. The number of pyridine rings is 1. The van der Waals surface area contributed by atoms with Crippen LogP contribution in [0.2, 0.25) is 0 Å². The fourth-order valence-electron chi connectivity index (χ4n) is 2.15. The van der Waals surface area contributed by atoms with Crippen LogP contribution in [-0.4, -0.2) is 42.5 Å². The van der Waals surface area contributed by atoms with Gasteiger partial charge in [-0.25, -0.2) is 4.98 Å². The highest BCUT2D eigenvalue weighted by Crippen LogP contribution is 2.24. The molecule has 2 heterocycles. The van der Waals surface area contributed by atoms with Crippen LogP contribution in [-0.2, 0) is 4.79 Å². The Morgan fingerprint density at radius 3 is 2.94 bits per heavy atom. The standard InChI is InChI=1S/C12H16FN3O/c1-15(2)12(17)9-5-4-8-16(9)11-7-3-6-10(13)14-11/h3,6-7,9H,4-5,8H2,1-2H3. The molecular weight excluding hydrogens is 221 g/mol. The lowest BCUT2D eigenvalue weighted by atomic mass is 10.2. The molecule has 1 aliphatic rings. The topological polar surface area (TPSA) is 36.4 Å². The number of carbonyl (C=O) groups is 1. The molecule has 0 saturated carbocycles. The fraction of sp³-hybridized carbons (Fsp3) is 0.500. The number of likely N-dealkylation sites (N-methyl/N-ethyl adjacent to an activating group) is 1. The SMILES string of the molecule is CN(C)C(=O)C1CCCN1c1cccc(F)n1. The molecule has 92 valence electrons. The van der Waals surface area contributed by atoms with Gasteiger partial charge in [-0.1, -0.05) is 6.07 Å². The fourth-order valence-corrected chi connectivity index (χ4v) is 2.15. The zero-order chi connectivity index (χ0) is 12.4. The molecule has 1 amide bonds. The van der Waals surface area contributed by atoms with E-state index < -0.39 is 5.95 Å². The van der Waals surface area contributed by atoms with Crippen molar-refractivity contribution < 1.29 is 9.18 Å². The van der Waals surface area contributed by atoms with Gasteiger partial charge >= 0.3 is 0 Å². The number of carbonyl (C=O) groups excluding carboxylic acids is 1. The van der Waals surface area contributed by atoms with Crippen LogP contribution in [0.15, 0.2) is 18.2 Å². The minimum atomic E-state index is -0.509. The predicted octanol–water partition coefficient (Wildman–Crippen LogP) is 1.28. The number of amides is 1.